The number of carbonyl (C=O) groups excluding carboxylic acids is 1. The minimum Gasteiger partial charge on any atom is -0.337 e. The van der Waals surface area contributed by atoms with Crippen LogP contribution in [0.5, 0.6) is 0 Å². The molecule has 1 aromatic carbocycles. The quantitative estimate of drug-likeness (QED) is 0.644. The number of hydrogen-bond donors (Lipinski definition) is 1. The molecule has 1 saturated heterocycles. The van der Waals surface area contributed by atoms with Gasteiger partial charge in [-0.15, -0.1) is 0 Å². The van der Waals surface area contributed by atoms with Gasteiger partial charge in [0.05, 0.1) is 5.56 Å². The zero-order valence-electron chi connectivity index (χ0n) is 12.4. The Labute approximate surface area is 149 Å². The van der Waals surface area contributed by atoms with Gasteiger partial charge in [-0.25, -0.2) is 0 Å². The van der Waals surface area contributed by atoms with Crippen molar-refractivity contribution in [2.24, 2.45) is 0 Å². The van der Waals surface area contributed by atoms with Crippen LogP contribution in [-0.4, -0.2) is 36.5 Å². The van der Waals surface area contributed by atoms with Crippen molar-refractivity contribution >= 4 is 44.4 Å². The topological polar surface area (TPSA) is 32.3 Å². The Morgan fingerprint density at radius 1 is 1.52 bits per heavy atom. The lowest BCUT2D eigenvalue weighted by Gasteiger charge is -2.26. The molecule has 1 amide bonds. The van der Waals surface area contributed by atoms with Crippen molar-refractivity contribution in [3.63, 3.8) is 0 Å². The molecular formula is C16H22BrIN2O. The summed E-state index contributed by atoms with van der Waals surface area (Å²) in [6, 6.07) is 6.36. The molecule has 21 heavy (non-hydrogen) atoms. The van der Waals surface area contributed by atoms with Crippen molar-refractivity contribution in [1.29, 1.82) is 0 Å². The van der Waals surface area contributed by atoms with Gasteiger partial charge in [-0.05, 0) is 66.6 Å². The third kappa shape index (κ3) is 4.93. The summed E-state index contributed by atoms with van der Waals surface area (Å²) >= 11 is 5.71. The normalized spacial score (nSPS) is 18.0. The second-order valence-corrected chi connectivity index (χ2v) is 7.60. The minimum atomic E-state index is 0.155. The van der Waals surface area contributed by atoms with Gasteiger partial charge in [0.2, 0.25) is 0 Å². The summed E-state index contributed by atoms with van der Waals surface area (Å²) in [5, 5.41) is 3.49. The van der Waals surface area contributed by atoms with E-state index < -0.39 is 0 Å². The van der Waals surface area contributed by atoms with Crippen LogP contribution in [-0.2, 0) is 0 Å². The number of unbranched alkanes of at least 4 members (excludes halogenated alkanes) is 1. The van der Waals surface area contributed by atoms with Crippen LogP contribution in [0.4, 0.5) is 0 Å². The van der Waals surface area contributed by atoms with E-state index in [0.717, 1.165) is 46.1 Å². The van der Waals surface area contributed by atoms with Crippen LogP contribution in [0.25, 0.3) is 0 Å². The average Bonchev–Trinajstić information content (AvgIpc) is 2.98. The number of halogens is 2. The van der Waals surface area contributed by atoms with E-state index in [9.17, 15) is 4.79 Å². The van der Waals surface area contributed by atoms with E-state index in [4.69, 9.17) is 0 Å². The monoisotopic (exact) mass is 464 g/mol. The lowest BCUT2D eigenvalue weighted by molar-refractivity contribution is 0.0738. The molecule has 1 atom stereocenters. The van der Waals surface area contributed by atoms with E-state index in [2.05, 4.69) is 50.8 Å². The zero-order valence-corrected chi connectivity index (χ0v) is 16.1. The van der Waals surface area contributed by atoms with Gasteiger partial charge in [0.15, 0.2) is 0 Å². The third-order valence-electron chi connectivity index (χ3n) is 3.83. The largest absolute Gasteiger partial charge is 0.337 e. The highest BCUT2D eigenvalue weighted by atomic mass is 127. The first-order chi connectivity index (χ1) is 10.1. The van der Waals surface area contributed by atoms with Crippen molar-refractivity contribution in [1.82, 2.24) is 10.2 Å². The molecular weight excluding hydrogens is 443 g/mol. The number of amides is 1. The highest BCUT2D eigenvalue weighted by Crippen LogP contribution is 2.21. The number of carbonyl (C=O) groups is 1. The Kier molecular flexibility index (Phi) is 6.95. The van der Waals surface area contributed by atoms with E-state index in [-0.39, 0.29) is 5.91 Å². The molecule has 1 N–H and O–H groups in total. The fourth-order valence-corrected chi connectivity index (χ4v) is 3.56. The lowest BCUT2D eigenvalue weighted by Crippen LogP contribution is -2.41. The maximum atomic E-state index is 12.9. The standard InChI is InChI=1S/C16H22BrIN2O/c1-2-3-9-20(11-13-5-4-8-19-13)16(21)14-10-12(17)6-7-15(14)18/h6-7,10,13,19H,2-5,8-9,11H2,1H3. The van der Waals surface area contributed by atoms with Crippen molar-refractivity contribution < 1.29 is 4.79 Å². The summed E-state index contributed by atoms with van der Waals surface area (Å²) in [4.78, 5) is 14.9. The Morgan fingerprint density at radius 3 is 3.00 bits per heavy atom. The van der Waals surface area contributed by atoms with E-state index in [1.807, 2.05) is 23.1 Å². The molecule has 3 nitrogen and oxygen atoms in total. The van der Waals surface area contributed by atoms with Gasteiger partial charge in [0.1, 0.15) is 0 Å². The summed E-state index contributed by atoms with van der Waals surface area (Å²) in [6.45, 7) is 4.91. The van der Waals surface area contributed by atoms with Crippen LogP contribution in [0.3, 0.4) is 0 Å². The van der Waals surface area contributed by atoms with E-state index in [1.165, 1.54) is 12.8 Å². The molecule has 0 bridgehead atoms. The number of nitrogens with one attached hydrogen (secondary N) is 1. The lowest BCUT2D eigenvalue weighted by atomic mass is 10.1. The van der Waals surface area contributed by atoms with Crippen LogP contribution in [0.1, 0.15) is 43.0 Å². The van der Waals surface area contributed by atoms with Crippen molar-refractivity contribution in [3.8, 4) is 0 Å². The Morgan fingerprint density at radius 2 is 2.33 bits per heavy atom. The van der Waals surface area contributed by atoms with Crippen molar-refractivity contribution in [2.45, 2.75) is 38.6 Å². The average molecular weight is 465 g/mol. The molecule has 116 valence electrons. The second-order valence-electron chi connectivity index (χ2n) is 5.52. The molecule has 0 aromatic heterocycles. The van der Waals surface area contributed by atoms with E-state index >= 15 is 0 Å². The number of rotatable bonds is 6. The summed E-state index contributed by atoms with van der Waals surface area (Å²) in [7, 11) is 0. The summed E-state index contributed by atoms with van der Waals surface area (Å²) < 4.78 is 1.97. The van der Waals surface area contributed by atoms with E-state index in [0.29, 0.717) is 6.04 Å². The van der Waals surface area contributed by atoms with Crippen LogP contribution in [0.2, 0.25) is 0 Å². The summed E-state index contributed by atoms with van der Waals surface area (Å²) in [6.07, 6.45) is 4.56. The zero-order chi connectivity index (χ0) is 15.2. The molecule has 1 aliphatic heterocycles. The first-order valence-electron chi connectivity index (χ1n) is 7.59. The first-order valence-corrected chi connectivity index (χ1v) is 9.46. The van der Waals surface area contributed by atoms with Gasteiger partial charge in [0, 0.05) is 27.2 Å². The third-order valence-corrected chi connectivity index (χ3v) is 5.26. The highest BCUT2D eigenvalue weighted by Gasteiger charge is 2.23. The molecule has 1 fully saturated rings. The van der Waals surface area contributed by atoms with Gasteiger partial charge in [-0.3, -0.25) is 4.79 Å². The smallest absolute Gasteiger partial charge is 0.255 e. The summed E-state index contributed by atoms with van der Waals surface area (Å²) in [5.74, 6) is 0.155. The number of benzene rings is 1. The maximum absolute atomic E-state index is 12.9. The predicted octanol–water partition coefficient (Wildman–Crippen LogP) is 4.05. The fraction of sp³-hybridized carbons (Fsp3) is 0.562. The highest BCUT2D eigenvalue weighted by molar-refractivity contribution is 14.1. The Balaban J connectivity index is 2.13. The summed E-state index contributed by atoms with van der Waals surface area (Å²) in [5.41, 5.74) is 0.805. The number of hydrogen-bond acceptors (Lipinski definition) is 2. The van der Waals surface area contributed by atoms with Crippen molar-refractivity contribution in [2.75, 3.05) is 19.6 Å². The molecule has 1 heterocycles. The SMILES string of the molecule is CCCCN(CC1CCCN1)C(=O)c1cc(Br)ccc1I. The van der Waals surface area contributed by atoms with Gasteiger partial charge in [-0.2, -0.15) is 0 Å². The molecule has 0 spiro atoms. The van der Waals surface area contributed by atoms with Gasteiger partial charge in [-0.1, -0.05) is 29.3 Å². The minimum absolute atomic E-state index is 0.155. The fourth-order valence-electron chi connectivity index (χ4n) is 2.64. The molecule has 0 radical (unpaired) electrons. The molecule has 1 aliphatic rings. The van der Waals surface area contributed by atoms with Crippen LogP contribution in [0.15, 0.2) is 22.7 Å². The molecule has 1 unspecified atom stereocenters. The molecule has 0 saturated carbocycles. The molecule has 0 aliphatic carbocycles. The van der Waals surface area contributed by atoms with Gasteiger partial charge >= 0.3 is 0 Å². The van der Waals surface area contributed by atoms with E-state index in [1.54, 1.807) is 0 Å². The van der Waals surface area contributed by atoms with Gasteiger partial charge < -0.3 is 10.2 Å². The van der Waals surface area contributed by atoms with Crippen LogP contribution < -0.4 is 5.32 Å². The maximum Gasteiger partial charge on any atom is 0.255 e. The Bertz CT molecular complexity index is 489. The second kappa shape index (κ2) is 8.48. The van der Waals surface area contributed by atoms with Crippen molar-refractivity contribution in [3.05, 3.63) is 31.8 Å². The Hall–Kier alpha value is -0.140. The molecule has 2 rings (SSSR count). The molecule has 1 aromatic rings. The first kappa shape index (κ1) is 17.2. The van der Waals surface area contributed by atoms with Crippen LogP contribution in [0, 0.1) is 3.57 Å². The predicted molar refractivity (Wildman–Crippen MR) is 98.7 cm³/mol. The van der Waals surface area contributed by atoms with Crippen LogP contribution >= 0.6 is 38.5 Å². The molecule has 5 heteroatoms. The van der Waals surface area contributed by atoms with Gasteiger partial charge in [0.25, 0.3) is 5.91 Å². The number of nitrogens with zero attached hydrogens (tertiary/aromatic N) is 1.